The fourth-order valence-electron chi connectivity index (χ4n) is 2.97. The van der Waals surface area contributed by atoms with E-state index >= 15 is 0 Å². The van der Waals surface area contributed by atoms with Gasteiger partial charge in [0.25, 0.3) is 0 Å². The first-order valence-corrected chi connectivity index (χ1v) is 8.09. The molecule has 0 aliphatic rings. The molecule has 0 unspecified atom stereocenters. The molecule has 0 aliphatic carbocycles. The molecule has 2 rings (SSSR count). The standard InChI is InChI=1S/C20H27NO2/c1-13(2)21(14(3)4)20(22)15(5)16-7-8-18-12-19(23-6)10-9-17(18)11-16/h7-14,22H,1-6H3/p-1/b20-15-. The lowest BCUT2D eigenvalue weighted by Crippen LogP contribution is -2.41. The van der Waals surface area contributed by atoms with Crippen molar-refractivity contribution in [3.8, 4) is 5.75 Å². The predicted molar refractivity (Wildman–Crippen MR) is 95.2 cm³/mol. The van der Waals surface area contributed by atoms with Gasteiger partial charge in [-0.15, -0.1) is 0 Å². The van der Waals surface area contributed by atoms with Gasteiger partial charge in [-0.2, -0.15) is 0 Å². The topological polar surface area (TPSA) is 35.5 Å². The molecule has 0 saturated carbocycles. The monoisotopic (exact) mass is 312 g/mol. The van der Waals surface area contributed by atoms with Crippen LogP contribution in [0.1, 0.15) is 40.2 Å². The van der Waals surface area contributed by atoms with Crippen LogP contribution < -0.4 is 9.84 Å². The SMILES string of the molecule is COc1ccc2cc(/C(C)=C(\[O-])N(C(C)C)C(C)C)ccc2c1. The highest BCUT2D eigenvalue weighted by Gasteiger charge is 2.13. The maximum absolute atomic E-state index is 12.8. The Morgan fingerprint density at radius 1 is 0.957 bits per heavy atom. The van der Waals surface area contributed by atoms with Crippen LogP contribution in [0.5, 0.6) is 5.75 Å². The van der Waals surface area contributed by atoms with Gasteiger partial charge in [-0.05, 0) is 80.6 Å². The number of nitrogens with zero attached hydrogens (tertiary/aromatic N) is 1. The van der Waals surface area contributed by atoms with Crippen molar-refractivity contribution in [3.63, 3.8) is 0 Å². The van der Waals surface area contributed by atoms with Crippen LogP contribution in [0.2, 0.25) is 0 Å². The largest absolute Gasteiger partial charge is 0.860 e. The Kier molecular flexibility index (Phi) is 5.19. The smallest absolute Gasteiger partial charge is 0.119 e. The van der Waals surface area contributed by atoms with Gasteiger partial charge in [0.1, 0.15) is 5.75 Å². The van der Waals surface area contributed by atoms with Gasteiger partial charge in [0.2, 0.25) is 0 Å². The highest BCUT2D eigenvalue weighted by Crippen LogP contribution is 2.26. The maximum Gasteiger partial charge on any atom is 0.119 e. The third-order valence-electron chi connectivity index (χ3n) is 4.15. The molecule has 3 heteroatoms. The summed E-state index contributed by atoms with van der Waals surface area (Å²) in [5.41, 5.74) is 1.75. The van der Waals surface area contributed by atoms with Crippen molar-refractivity contribution in [2.45, 2.75) is 46.7 Å². The summed E-state index contributed by atoms with van der Waals surface area (Å²) in [5.74, 6) is 0.940. The Bertz CT molecular complexity index is 709. The van der Waals surface area contributed by atoms with Crippen LogP contribution in [0, 0.1) is 0 Å². The fraction of sp³-hybridized carbons (Fsp3) is 0.400. The lowest BCUT2D eigenvalue weighted by Gasteiger charge is -2.40. The molecule has 0 saturated heterocycles. The molecule has 2 aromatic carbocycles. The van der Waals surface area contributed by atoms with E-state index in [9.17, 15) is 5.11 Å². The third kappa shape index (κ3) is 3.61. The molecule has 0 aromatic heterocycles. The van der Waals surface area contributed by atoms with Gasteiger partial charge in [0, 0.05) is 12.1 Å². The van der Waals surface area contributed by atoms with E-state index in [1.807, 2.05) is 42.2 Å². The Hall–Kier alpha value is -2.16. The summed E-state index contributed by atoms with van der Waals surface area (Å²) in [6, 6.07) is 12.5. The van der Waals surface area contributed by atoms with Gasteiger partial charge in [-0.1, -0.05) is 18.2 Å². The van der Waals surface area contributed by atoms with Crippen LogP contribution in [0.15, 0.2) is 42.3 Å². The average Bonchev–Trinajstić information content (AvgIpc) is 2.52. The van der Waals surface area contributed by atoms with Gasteiger partial charge in [-0.3, -0.25) is 0 Å². The zero-order chi connectivity index (χ0) is 17.1. The second-order valence-corrected chi connectivity index (χ2v) is 6.45. The minimum absolute atomic E-state index is 0.0999. The molecule has 0 radical (unpaired) electrons. The van der Waals surface area contributed by atoms with Gasteiger partial charge < -0.3 is 14.7 Å². The summed E-state index contributed by atoms with van der Waals surface area (Å²) < 4.78 is 5.26. The van der Waals surface area contributed by atoms with Gasteiger partial charge in [0.05, 0.1) is 7.11 Å². The maximum atomic E-state index is 12.8. The molecule has 0 N–H and O–H groups in total. The molecule has 0 bridgehead atoms. The molecule has 0 heterocycles. The van der Waals surface area contributed by atoms with Crippen molar-refractivity contribution in [3.05, 3.63) is 47.8 Å². The van der Waals surface area contributed by atoms with Crippen molar-refractivity contribution >= 4 is 16.3 Å². The molecule has 124 valence electrons. The van der Waals surface area contributed by atoms with Crippen LogP contribution in [0.3, 0.4) is 0 Å². The first kappa shape index (κ1) is 17.2. The van der Waals surface area contributed by atoms with Crippen LogP contribution >= 0.6 is 0 Å². The van der Waals surface area contributed by atoms with Crippen LogP contribution in [-0.2, 0) is 0 Å². The molecule has 0 spiro atoms. The van der Waals surface area contributed by atoms with Crippen LogP contribution in [-0.4, -0.2) is 24.1 Å². The first-order chi connectivity index (χ1) is 10.8. The lowest BCUT2D eigenvalue weighted by atomic mass is 10.0. The Balaban J connectivity index is 2.47. The minimum atomic E-state index is 0.0999. The van der Waals surface area contributed by atoms with Crippen molar-refractivity contribution in [2.24, 2.45) is 0 Å². The van der Waals surface area contributed by atoms with E-state index in [2.05, 4.69) is 33.8 Å². The third-order valence-corrected chi connectivity index (χ3v) is 4.15. The molecule has 0 fully saturated rings. The molecule has 0 amide bonds. The number of fused-ring (bicyclic) bond motifs is 1. The zero-order valence-electron chi connectivity index (χ0n) is 14.9. The van der Waals surface area contributed by atoms with Gasteiger partial charge in [-0.25, -0.2) is 0 Å². The van der Waals surface area contributed by atoms with E-state index in [4.69, 9.17) is 4.74 Å². The van der Waals surface area contributed by atoms with Gasteiger partial charge in [0.15, 0.2) is 0 Å². The van der Waals surface area contributed by atoms with E-state index in [0.29, 0.717) is 0 Å². The summed E-state index contributed by atoms with van der Waals surface area (Å²) in [7, 11) is 1.67. The summed E-state index contributed by atoms with van der Waals surface area (Å²) in [5, 5.41) is 15.0. The quantitative estimate of drug-likeness (QED) is 0.782. The number of allylic oxidation sites excluding steroid dienone is 1. The second kappa shape index (κ2) is 6.95. The summed E-state index contributed by atoms with van der Waals surface area (Å²) in [6.45, 7) is 10.1. The van der Waals surface area contributed by atoms with Crippen molar-refractivity contribution in [1.82, 2.24) is 4.90 Å². The van der Waals surface area contributed by atoms with Crippen molar-refractivity contribution < 1.29 is 9.84 Å². The van der Waals surface area contributed by atoms with Gasteiger partial charge >= 0.3 is 0 Å². The zero-order valence-corrected chi connectivity index (χ0v) is 14.9. The molecule has 0 aliphatic heterocycles. The van der Waals surface area contributed by atoms with Crippen LogP contribution in [0.4, 0.5) is 0 Å². The molecular formula is C20H26NO2-. The number of ether oxygens (including phenoxy) is 1. The fourth-order valence-corrected chi connectivity index (χ4v) is 2.97. The van der Waals surface area contributed by atoms with E-state index in [1.54, 1.807) is 7.11 Å². The molecular weight excluding hydrogens is 286 g/mol. The molecule has 23 heavy (non-hydrogen) atoms. The minimum Gasteiger partial charge on any atom is -0.860 e. The lowest BCUT2D eigenvalue weighted by molar-refractivity contribution is -0.336. The number of methoxy groups -OCH3 is 1. The Morgan fingerprint density at radius 3 is 2.09 bits per heavy atom. The number of hydrogen-bond donors (Lipinski definition) is 0. The van der Waals surface area contributed by atoms with Crippen molar-refractivity contribution in [1.29, 1.82) is 0 Å². The Labute approximate surface area is 139 Å². The average molecular weight is 312 g/mol. The highest BCUT2D eigenvalue weighted by atomic mass is 16.5. The molecule has 2 aromatic rings. The summed E-state index contributed by atoms with van der Waals surface area (Å²) in [4.78, 5) is 1.92. The molecule has 0 atom stereocenters. The Morgan fingerprint density at radius 2 is 1.52 bits per heavy atom. The summed E-state index contributed by atoms with van der Waals surface area (Å²) >= 11 is 0. The number of benzene rings is 2. The normalized spacial score (nSPS) is 12.7. The summed E-state index contributed by atoms with van der Waals surface area (Å²) in [6.07, 6.45) is 0. The molecule has 3 nitrogen and oxygen atoms in total. The predicted octanol–water partition coefficient (Wildman–Crippen LogP) is 4.02. The van der Waals surface area contributed by atoms with E-state index in [1.165, 1.54) is 0 Å². The van der Waals surface area contributed by atoms with Crippen LogP contribution in [0.25, 0.3) is 16.3 Å². The second-order valence-electron chi connectivity index (χ2n) is 6.45. The number of hydrogen-bond acceptors (Lipinski definition) is 3. The number of rotatable bonds is 5. The van der Waals surface area contributed by atoms with E-state index in [-0.39, 0.29) is 18.0 Å². The first-order valence-electron chi connectivity index (χ1n) is 8.09. The van der Waals surface area contributed by atoms with E-state index < -0.39 is 0 Å². The van der Waals surface area contributed by atoms with E-state index in [0.717, 1.165) is 27.7 Å². The highest BCUT2D eigenvalue weighted by molar-refractivity contribution is 5.87. The van der Waals surface area contributed by atoms with Crippen molar-refractivity contribution in [2.75, 3.05) is 7.11 Å².